The third-order valence-corrected chi connectivity index (χ3v) is 4.02. The molecule has 0 spiro atoms. The zero-order chi connectivity index (χ0) is 17.1. The molecule has 0 fully saturated rings. The molecule has 2 rings (SSSR count). The van der Waals surface area contributed by atoms with Gasteiger partial charge in [0.1, 0.15) is 17.1 Å². The summed E-state index contributed by atoms with van der Waals surface area (Å²) in [5.41, 5.74) is 3.04. The maximum Gasteiger partial charge on any atom is 0.138 e. The Bertz CT molecular complexity index is 698. The molecule has 0 aliphatic carbocycles. The molecule has 0 saturated heterocycles. The molecule has 0 unspecified atom stereocenters. The van der Waals surface area contributed by atoms with Crippen molar-refractivity contribution >= 4 is 11.0 Å². The molecule has 2 heteroatoms. The van der Waals surface area contributed by atoms with Gasteiger partial charge in [-0.25, -0.2) is 0 Å². The van der Waals surface area contributed by atoms with E-state index in [-0.39, 0.29) is 22.0 Å². The van der Waals surface area contributed by atoms with Crippen molar-refractivity contribution in [2.45, 2.75) is 78.6 Å². The van der Waals surface area contributed by atoms with E-state index < -0.39 is 0 Å². The monoisotopic (exact) mass is 302 g/mol. The van der Waals surface area contributed by atoms with Crippen LogP contribution in [0.4, 0.5) is 0 Å². The van der Waals surface area contributed by atoms with Crippen molar-refractivity contribution in [1.82, 2.24) is 0 Å². The van der Waals surface area contributed by atoms with Gasteiger partial charge in [0.2, 0.25) is 0 Å². The third-order valence-electron chi connectivity index (χ3n) is 4.02. The molecule has 1 aromatic heterocycles. The highest BCUT2D eigenvalue weighted by molar-refractivity contribution is 5.89. The van der Waals surface area contributed by atoms with Crippen LogP contribution in [-0.4, -0.2) is 5.11 Å². The van der Waals surface area contributed by atoms with Gasteiger partial charge in [0.25, 0.3) is 0 Å². The van der Waals surface area contributed by atoms with Gasteiger partial charge in [-0.15, -0.1) is 0 Å². The smallest absolute Gasteiger partial charge is 0.138 e. The van der Waals surface area contributed by atoms with Crippen LogP contribution >= 0.6 is 0 Å². The average molecular weight is 302 g/mol. The number of furan rings is 1. The zero-order valence-corrected chi connectivity index (χ0v) is 15.5. The Morgan fingerprint density at radius 2 is 1.32 bits per heavy atom. The lowest BCUT2D eigenvalue weighted by molar-refractivity contribution is 0.408. The number of rotatable bonds is 0. The Hall–Kier alpha value is -1.44. The van der Waals surface area contributed by atoms with E-state index in [2.05, 4.69) is 62.3 Å². The molecular weight excluding hydrogens is 272 g/mol. The van der Waals surface area contributed by atoms with Gasteiger partial charge in [0, 0.05) is 22.4 Å². The molecule has 22 heavy (non-hydrogen) atoms. The summed E-state index contributed by atoms with van der Waals surface area (Å²) in [5.74, 6) is 1.29. The van der Waals surface area contributed by atoms with E-state index in [4.69, 9.17) is 4.42 Å². The Morgan fingerprint density at radius 1 is 0.773 bits per heavy atom. The second-order valence-corrected chi connectivity index (χ2v) is 9.42. The van der Waals surface area contributed by atoms with E-state index in [1.807, 2.05) is 6.07 Å². The first-order valence-electron chi connectivity index (χ1n) is 8.04. The van der Waals surface area contributed by atoms with Crippen molar-refractivity contribution in [1.29, 1.82) is 0 Å². The summed E-state index contributed by atoms with van der Waals surface area (Å²) in [7, 11) is 0. The largest absolute Gasteiger partial charge is 0.508 e. The molecule has 2 nitrogen and oxygen atoms in total. The molecular formula is C20H30O2. The van der Waals surface area contributed by atoms with E-state index in [9.17, 15) is 5.11 Å². The summed E-state index contributed by atoms with van der Waals surface area (Å²) in [4.78, 5) is 0. The molecule has 1 N–H and O–H groups in total. The maximum absolute atomic E-state index is 10.1. The number of fused-ring (bicyclic) bond motifs is 1. The zero-order valence-electron chi connectivity index (χ0n) is 15.5. The van der Waals surface area contributed by atoms with Gasteiger partial charge in [0.15, 0.2) is 0 Å². The summed E-state index contributed by atoms with van der Waals surface area (Å²) >= 11 is 0. The first-order chi connectivity index (χ1) is 9.73. The summed E-state index contributed by atoms with van der Waals surface area (Å²) in [6.07, 6.45) is 0. The van der Waals surface area contributed by atoms with E-state index in [0.717, 1.165) is 16.9 Å². The van der Waals surface area contributed by atoms with Crippen LogP contribution in [0, 0.1) is 0 Å². The minimum absolute atomic E-state index is 0.0230. The number of phenolic OH excluding ortho intramolecular Hbond substituents is 1. The highest BCUT2D eigenvalue weighted by Crippen LogP contribution is 2.45. The van der Waals surface area contributed by atoms with Gasteiger partial charge in [0.05, 0.1) is 0 Å². The quantitative estimate of drug-likeness (QED) is 0.644. The average Bonchev–Trinajstić information content (AvgIpc) is 2.64. The summed E-state index contributed by atoms with van der Waals surface area (Å²) in [5, 5.41) is 11.3. The fourth-order valence-electron chi connectivity index (χ4n) is 3.05. The summed E-state index contributed by atoms with van der Waals surface area (Å²) in [6.45, 7) is 19.7. The molecule has 0 saturated carbocycles. The van der Waals surface area contributed by atoms with Gasteiger partial charge in [-0.05, 0) is 22.5 Å². The predicted molar refractivity (Wildman–Crippen MR) is 94.0 cm³/mol. The number of benzene rings is 1. The van der Waals surface area contributed by atoms with Crippen molar-refractivity contribution in [3.63, 3.8) is 0 Å². The Labute approximate surface area is 134 Å². The fourth-order valence-corrected chi connectivity index (χ4v) is 3.05. The second kappa shape index (κ2) is 4.78. The highest BCUT2D eigenvalue weighted by atomic mass is 16.3. The van der Waals surface area contributed by atoms with E-state index in [1.54, 1.807) is 6.07 Å². The molecule has 0 radical (unpaired) electrons. The van der Waals surface area contributed by atoms with Gasteiger partial charge in [-0.3, -0.25) is 0 Å². The predicted octanol–water partition coefficient (Wildman–Crippen LogP) is 6.03. The SMILES string of the molecule is CC(C)(C)c1oc2cc(O)cc(C(C)(C)C)c2c1C(C)(C)C. The van der Waals surface area contributed by atoms with Gasteiger partial charge < -0.3 is 9.52 Å². The number of hydrogen-bond donors (Lipinski definition) is 1. The van der Waals surface area contributed by atoms with Crippen LogP contribution in [0.5, 0.6) is 5.75 Å². The van der Waals surface area contributed by atoms with E-state index >= 15 is 0 Å². The molecule has 1 heterocycles. The van der Waals surface area contributed by atoms with Gasteiger partial charge in [-0.2, -0.15) is 0 Å². The molecule has 0 aliphatic rings. The Balaban J connectivity index is 3.04. The Morgan fingerprint density at radius 3 is 1.73 bits per heavy atom. The van der Waals surface area contributed by atoms with Crippen molar-refractivity contribution in [3.8, 4) is 5.75 Å². The molecule has 1 aromatic carbocycles. The maximum atomic E-state index is 10.1. The minimum Gasteiger partial charge on any atom is -0.508 e. The first-order valence-corrected chi connectivity index (χ1v) is 8.04. The molecule has 0 bridgehead atoms. The van der Waals surface area contributed by atoms with Crippen LogP contribution in [0.25, 0.3) is 11.0 Å². The Kier molecular flexibility index (Phi) is 3.67. The molecule has 122 valence electrons. The summed E-state index contributed by atoms with van der Waals surface area (Å²) in [6, 6.07) is 3.63. The molecule has 2 aromatic rings. The van der Waals surface area contributed by atoms with Crippen LogP contribution in [0.15, 0.2) is 16.5 Å². The van der Waals surface area contributed by atoms with Gasteiger partial charge in [-0.1, -0.05) is 62.3 Å². The number of hydrogen-bond acceptors (Lipinski definition) is 2. The first kappa shape index (κ1) is 16.9. The standard InChI is InChI=1S/C20H30O2/c1-18(2,3)13-10-12(21)11-14-15(13)16(19(4,5)6)17(22-14)20(7,8)9/h10-11,21H,1-9H3. The molecule has 0 amide bonds. The fraction of sp³-hybridized carbons (Fsp3) is 0.600. The third kappa shape index (κ3) is 2.88. The van der Waals surface area contributed by atoms with Crippen LogP contribution < -0.4 is 0 Å². The minimum atomic E-state index is -0.0770. The van der Waals surface area contributed by atoms with Crippen molar-refractivity contribution in [2.75, 3.05) is 0 Å². The van der Waals surface area contributed by atoms with Crippen LogP contribution in [0.3, 0.4) is 0 Å². The number of phenols is 1. The lowest BCUT2D eigenvalue weighted by atomic mass is 9.75. The lowest BCUT2D eigenvalue weighted by Gasteiger charge is -2.27. The molecule has 0 atom stereocenters. The van der Waals surface area contributed by atoms with Crippen molar-refractivity contribution in [3.05, 3.63) is 29.0 Å². The van der Waals surface area contributed by atoms with Crippen LogP contribution in [0.2, 0.25) is 0 Å². The highest BCUT2D eigenvalue weighted by Gasteiger charge is 2.34. The number of aromatic hydroxyl groups is 1. The van der Waals surface area contributed by atoms with Crippen molar-refractivity contribution in [2.24, 2.45) is 0 Å². The lowest BCUT2D eigenvalue weighted by Crippen LogP contribution is -2.21. The van der Waals surface area contributed by atoms with E-state index in [0.29, 0.717) is 0 Å². The van der Waals surface area contributed by atoms with E-state index in [1.165, 1.54) is 10.9 Å². The van der Waals surface area contributed by atoms with Gasteiger partial charge >= 0.3 is 0 Å². The van der Waals surface area contributed by atoms with Crippen LogP contribution in [-0.2, 0) is 16.2 Å². The molecule has 0 aliphatic heterocycles. The van der Waals surface area contributed by atoms with Crippen LogP contribution in [0.1, 0.15) is 79.2 Å². The summed E-state index contributed by atoms with van der Waals surface area (Å²) < 4.78 is 6.25. The van der Waals surface area contributed by atoms with Crippen molar-refractivity contribution < 1.29 is 9.52 Å². The normalized spacial score (nSPS) is 13.9. The topological polar surface area (TPSA) is 33.4 Å². The second-order valence-electron chi connectivity index (χ2n) is 9.42.